The predicted molar refractivity (Wildman–Crippen MR) is 38.5 cm³/mol. The van der Waals surface area contributed by atoms with Gasteiger partial charge in [0, 0.05) is 12.1 Å². The second-order valence-electron chi connectivity index (χ2n) is 1.97. The monoisotopic (exact) mass is 169 g/mol. The fourth-order valence-electron chi connectivity index (χ4n) is 0.530. The lowest BCUT2D eigenvalue weighted by Gasteiger charge is -2.12. The molecule has 0 bridgehead atoms. The molecule has 0 heterocycles. The van der Waals surface area contributed by atoms with Crippen molar-refractivity contribution in [1.82, 2.24) is 4.90 Å². The molecule has 4 heteroatoms. The number of halogens is 3. The third kappa shape index (κ3) is 5.98. The van der Waals surface area contributed by atoms with E-state index in [4.69, 9.17) is 11.6 Å². The minimum atomic E-state index is -2.27. The fraction of sp³-hybridized carbons (Fsp3) is 0.667. The van der Waals surface area contributed by atoms with Crippen LogP contribution in [0.25, 0.3) is 0 Å². The lowest BCUT2D eigenvalue weighted by Crippen LogP contribution is -2.24. The Bertz CT molecular complexity index is 106. The van der Waals surface area contributed by atoms with E-state index < -0.39 is 6.43 Å². The first-order valence-corrected chi connectivity index (χ1v) is 3.32. The molecule has 0 radical (unpaired) electrons. The fourth-order valence-corrected chi connectivity index (χ4v) is 0.610. The maximum Gasteiger partial charge on any atom is 0.251 e. The van der Waals surface area contributed by atoms with Gasteiger partial charge < -0.3 is 0 Å². The number of nitrogens with zero attached hydrogens (tertiary/aromatic N) is 1. The van der Waals surface area contributed by atoms with Gasteiger partial charge in [-0.15, -0.1) is 0 Å². The molecule has 0 spiro atoms. The van der Waals surface area contributed by atoms with Crippen LogP contribution in [0.15, 0.2) is 11.6 Å². The van der Waals surface area contributed by atoms with Gasteiger partial charge in [-0.3, -0.25) is 4.90 Å². The summed E-state index contributed by atoms with van der Waals surface area (Å²) in [7, 11) is 1.61. The molecule has 0 saturated carbocycles. The number of likely N-dealkylation sites (N-methyl/N-ethyl adjacent to an activating group) is 1. The Labute approximate surface area is 64.3 Å². The van der Waals surface area contributed by atoms with E-state index in [9.17, 15) is 8.78 Å². The summed E-state index contributed by atoms with van der Waals surface area (Å²) >= 11 is 5.19. The van der Waals surface area contributed by atoms with Crippen LogP contribution in [0.2, 0.25) is 0 Å². The van der Waals surface area contributed by atoms with Crippen molar-refractivity contribution in [3.05, 3.63) is 11.6 Å². The average Bonchev–Trinajstić information content (AvgIpc) is 1.82. The summed E-state index contributed by atoms with van der Waals surface area (Å²) in [5.41, 5.74) is 1.32. The van der Waals surface area contributed by atoms with Crippen LogP contribution >= 0.6 is 11.6 Å². The zero-order valence-electron chi connectivity index (χ0n) is 5.73. The highest BCUT2D eigenvalue weighted by atomic mass is 35.5. The van der Waals surface area contributed by atoms with Crippen molar-refractivity contribution in [3.8, 4) is 0 Å². The van der Waals surface area contributed by atoms with Gasteiger partial charge in [0.2, 0.25) is 0 Å². The average molecular weight is 170 g/mol. The Morgan fingerprint density at radius 3 is 2.60 bits per heavy atom. The van der Waals surface area contributed by atoms with E-state index in [1.165, 1.54) is 10.4 Å². The van der Waals surface area contributed by atoms with Crippen LogP contribution in [0.4, 0.5) is 8.78 Å². The Kier molecular flexibility index (Phi) is 5.54. The van der Waals surface area contributed by atoms with E-state index in [0.29, 0.717) is 6.54 Å². The Morgan fingerprint density at radius 2 is 2.20 bits per heavy atom. The van der Waals surface area contributed by atoms with Crippen molar-refractivity contribution in [1.29, 1.82) is 0 Å². The van der Waals surface area contributed by atoms with Crippen molar-refractivity contribution >= 4 is 11.6 Å². The SMILES string of the molecule is CN(C/C=C/Cl)CC(F)F. The molecule has 0 atom stereocenters. The molecule has 1 nitrogen and oxygen atoms in total. The van der Waals surface area contributed by atoms with E-state index >= 15 is 0 Å². The highest BCUT2D eigenvalue weighted by molar-refractivity contribution is 6.25. The second-order valence-corrected chi connectivity index (χ2v) is 2.23. The van der Waals surface area contributed by atoms with Crippen LogP contribution < -0.4 is 0 Å². The van der Waals surface area contributed by atoms with Gasteiger partial charge in [-0.2, -0.15) is 0 Å². The van der Waals surface area contributed by atoms with Gasteiger partial charge in [0.1, 0.15) is 0 Å². The molecule has 10 heavy (non-hydrogen) atoms. The zero-order chi connectivity index (χ0) is 7.98. The first kappa shape index (κ1) is 9.85. The molecule has 60 valence electrons. The van der Waals surface area contributed by atoms with Crippen molar-refractivity contribution in [2.75, 3.05) is 20.1 Å². The molecule has 0 aliphatic carbocycles. The Hall–Kier alpha value is -0.150. The molecular weight excluding hydrogens is 160 g/mol. The van der Waals surface area contributed by atoms with Gasteiger partial charge in [-0.25, -0.2) is 8.78 Å². The summed E-state index contributed by atoms with van der Waals surface area (Å²) in [6.07, 6.45) is -0.655. The summed E-state index contributed by atoms with van der Waals surface area (Å²) in [6, 6.07) is 0. The van der Waals surface area contributed by atoms with Crippen molar-refractivity contribution in [2.45, 2.75) is 6.43 Å². The maximum absolute atomic E-state index is 11.6. The molecule has 0 rings (SSSR count). The highest BCUT2D eigenvalue weighted by Crippen LogP contribution is 1.95. The lowest BCUT2D eigenvalue weighted by atomic mass is 10.5. The molecule has 0 amide bonds. The van der Waals surface area contributed by atoms with E-state index in [1.807, 2.05) is 0 Å². The van der Waals surface area contributed by atoms with Gasteiger partial charge in [0.05, 0.1) is 6.54 Å². The van der Waals surface area contributed by atoms with E-state index in [0.717, 1.165) is 0 Å². The Balaban J connectivity index is 3.33. The first-order valence-electron chi connectivity index (χ1n) is 2.88. The van der Waals surface area contributed by atoms with Crippen LogP contribution in [0.5, 0.6) is 0 Å². The molecule has 0 saturated heterocycles. The molecule has 0 aromatic heterocycles. The van der Waals surface area contributed by atoms with Crippen molar-refractivity contribution in [2.24, 2.45) is 0 Å². The van der Waals surface area contributed by atoms with Gasteiger partial charge >= 0.3 is 0 Å². The zero-order valence-corrected chi connectivity index (χ0v) is 6.48. The summed E-state index contributed by atoms with van der Waals surface area (Å²) in [5.74, 6) is 0. The molecule has 0 N–H and O–H groups in total. The van der Waals surface area contributed by atoms with Gasteiger partial charge in [-0.05, 0) is 7.05 Å². The quantitative estimate of drug-likeness (QED) is 0.622. The van der Waals surface area contributed by atoms with Gasteiger partial charge in [-0.1, -0.05) is 17.7 Å². The summed E-state index contributed by atoms with van der Waals surface area (Å²) in [5, 5.41) is 0. The first-order chi connectivity index (χ1) is 4.66. The molecule has 0 aromatic carbocycles. The normalized spacial score (nSPS) is 12.2. The number of rotatable bonds is 4. The summed E-state index contributed by atoms with van der Waals surface area (Å²) < 4.78 is 23.2. The minimum Gasteiger partial charge on any atom is -0.297 e. The number of hydrogen-bond acceptors (Lipinski definition) is 1. The molecule has 0 aromatic rings. The maximum atomic E-state index is 11.6. The molecule has 0 aliphatic heterocycles. The molecule has 0 fully saturated rings. The number of hydrogen-bond donors (Lipinski definition) is 0. The third-order valence-corrected chi connectivity index (χ3v) is 1.13. The van der Waals surface area contributed by atoms with Crippen LogP contribution in [0, 0.1) is 0 Å². The van der Waals surface area contributed by atoms with Gasteiger partial charge in [0.25, 0.3) is 6.43 Å². The summed E-state index contributed by atoms with van der Waals surface area (Å²) in [4.78, 5) is 1.49. The van der Waals surface area contributed by atoms with Crippen LogP contribution in [0.1, 0.15) is 0 Å². The predicted octanol–water partition coefficient (Wildman–Crippen LogP) is 1.94. The van der Waals surface area contributed by atoms with Crippen LogP contribution in [-0.4, -0.2) is 31.5 Å². The molecule has 0 aliphatic rings. The second kappa shape index (κ2) is 5.62. The molecular formula is C6H10ClF2N. The number of alkyl halides is 2. The van der Waals surface area contributed by atoms with Crippen molar-refractivity contribution in [3.63, 3.8) is 0 Å². The van der Waals surface area contributed by atoms with Crippen LogP contribution in [0.3, 0.4) is 0 Å². The topological polar surface area (TPSA) is 3.24 Å². The van der Waals surface area contributed by atoms with E-state index in [-0.39, 0.29) is 6.54 Å². The van der Waals surface area contributed by atoms with E-state index in [1.54, 1.807) is 13.1 Å². The smallest absolute Gasteiger partial charge is 0.251 e. The summed E-state index contributed by atoms with van der Waals surface area (Å²) in [6.45, 7) is 0.259. The molecule has 0 unspecified atom stereocenters. The van der Waals surface area contributed by atoms with Crippen molar-refractivity contribution < 1.29 is 8.78 Å². The lowest BCUT2D eigenvalue weighted by molar-refractivity contribution is 0.105. The minimum absolute atomic E-state index is 0.207. The van der Waals surface area contributed by atoms with E-state index in [2.05, 4.69) is 0 Å². The standard InChI is InChI=1S/C6H10ClF2N/c1-10(4-2-3-7)5-6(8)9/h2-3,6H,4-5H2,1H3/b3-2+. The highest BCUT2D eigenvalue weighted by Gasteiger charge is 2.04. The third-order valence-electron chi connectivity index (χ3n) is 0.956. The van der Waals surface area contributed by atoms with Gasteiger partial charge in [0.15, 0.2) is 0 Å². The van der Waals surface area contributed by atoms with Crippen LogP contribution in [-0.2, 0) is 0 Å². The Morgan fingerprint density at radius 1 is 1.60 bits per heavy atom. The largest absolute Gasteiger partial charge is 0.297 e.